The lowest BCUT2D eigenvalue weighted by molar-refractivity contribution is -0.384. The van der Waals surface area contributed by atoms with Crippen LogP contribution in [0.4, 0.5) is 11.4 Å². The number of benzene rings is 1. The zero-order valence-corrected chi connectivity index (χ0v) is 13.9. The van der Waals surface area contributed by atoms with E-state index in [1.807, 2.05) is 20.8 Å². The third kappa shape index (κ3) is 3.79. The summed E-state index contributed by atoms with van der Waals surface area (Å²) in [7, 11) is 0. The van der Waals surface area contributed by atoms with Gasteiger partial charge in [-0.05, 0) is 26.8 Å². The highest BCUT2D eigenvalue weighted by molar-refractivity contribution is 6.33. The summed E-state index contributed by atoms with van der Waals surface area (Å²) < 4.78 is 0. The maximum Gasteiger partial charge on any atom is 0.271 e. The van der Waals surface area contributed by atoms with Gasteiger partial charge in [0.1, 0.15) is 0 Å². The Bertz CT molecular complexity index is 669. The molecule has 1 aromatic rings. The summed E-state index contributed by atoms with van der Waals surface area (Å²) in [5.41, 5.74) is -0.342. The Morgan fingerprint density at radius 2 is 2.09 bits per heavy atom. The van der Waals surface area contributed by atoms with Crippen molar-refractivity contribution in [1.82, 2.24) is 4.90 Å². The van der Waals surface area contributed by atoms with Crippen LogP contribution in [0.25, 0.3) is 0 Å². The summed E-state index contributed by atoms with van der Waals surface area (Å²) in [6.45, 7) is 6.04. The van der Waals surface area contributed by atoms with E-state index in [1.54, 1.807) is 4.90 Å². The molecule has 1 N–H and O–H groups in total. The second-order valence-electron chi connectivity index (χ2n) is 6.49. The van der Waals surface area contributed by atoms with Gasteiger partial charge in [-0.1, -0.05) is 11.6 Å². The standard InChI is InChI=1S/C15H18ClN3O4/c1-15(2,3)18-8-9(6-13(18)20)14(21)17-12-7-10(19(22)23)4-5-11(12)16/h4-5,7,9H,6,8H2,1-3H3,(H,17,21)/t9-/m1/s1. The molecule has 2 amide bonds. The van der Waals surface area contributed by atoms with Gasteiger partial charge in [-0.15, -0.1) is 0 Å². The van der Waals surface area contributed by atoms with Gasteiger partial charge in [-0.25, -0.2) is 0 Å². The second-order valence-corrected chi connectivity index (χ2v) is 6.89. The monoisotopic (exact) mass is 339 g/mol. The molecule has 0 bridgehead atoms. The van der Waals surface area contributed by atoms with E-state index in [0.717, 1.165) is 0 Å². The van der Waals surface area contributed by atoms with Crippen LogP contribution in [0, 0.1) is 16.0 Å². The lowest BCUT2D eigenvalue weighted by Crippen LogP contribution is -2.42. The van der Waals surface area contributed by atoms with Gasteiger partial charge in [0, 0.05) is 30.6 Å². The van der Waals surface area contributed by atoms with Crippen LogP contribution in [0.3, 0.4) is 0 Å². The van der Waals surface area contributed by atoms with Gasteiger partial charge in [-0.2, -0.15) is 0 Å². The minimum Gasteiger partial charge on any atom is -0.337 e. The first-order valence-corrected chi connectivity index (χ1v) is 7.52. The summed E-state index contributed by atoms with van der Waals surface area (Å²) in [5, 5.41) is 13.6. The van der Waals surface area contributed by atoms with Gasteiger partial charge in [0.2, 0.25) is 11.8 Å². The van der Waals surface area contributed by atoms with E-state index < -0.39 is 10.8 Å². The summed E-state index contributed by atoms with van der Waals surface area (Å²) in [6.07, 6.45) is 0.121. The summed E-state index contributed by atoms with van der Waals surface area (Å²) in [4.78, 5) is 36.3. The lowest BCUT2D eigenvalue weighted by Gasteiger charge is -2.31. The molecular weight excluding hydrogens is 322 g/mol. The van der Waals surface area contributed by atoms with Crippen LogP contribution in [0.1, 0.15) is 27.2 Å². The fourth-order valence-electron chi connectivity index (χ4n) is 2.49. The van der Waals surface area contributed by atoms with Gasteiger partial charge in [-0.3, -0.25) is 19.7 Å². The Morgan fingerprint density at radius 1 is 1.43 bits per heavy atom. The maximum absolute atomic E-state index is 12.3. The molecule has 23 heavy (non-hydrogen) atoms. The molecular formula is C15H18ClN3O4. The zero-order valence-electron chi connectivity index (χ0n) is 13.1. The molecule has 0 saturated carbocycles. The van der Waals surface area contributed by atoms with E-state index in [4.69, 9.17) is 11.6 Å². The van der Waals surface area contributed by atoms with E-state index in [1.165, 1.54) is 18.2 Å². The first kappa shape index (κ1) is 17.2. The number of hydrogen-bond donors (Lipinski definition) is 1. The smallest absolute Gasteiger partial charge is 0.271 e. The topological polar surface area (TPSA) is 92.6 Å². The number of likely N-dealkylation sites (tertiary alicyclic amines) is 1. The van der Waals surface area contributed by atoms with Crippen molar-refractivity contribution in [3.8, 4) is 0 Å². The summed E-state index contributed by atoms with van der Waals surface area (Å²) in [5.74, 6) is -0.952. The quantitative estimate of drug-likeness (QED) is 0.677. The summed E-state index contributed by atoms with van der Waals surface area (Å²) in [6, 6.07) is 3.83. The SMILES string of the molecule is CC(C)(C)N1C[C@H](C(=O)Nc2cc([N+](=O)[O-])ccc2Cl)CC1=O. The normalized spacial score (nSPS) is 18.2. The van der Waals surface area contributed by atoms with Crippen LogP contribution >= 0.6 is 11.6 Å². The second kappa shape index (κ2) is 6.16. The molecule has 0 unspecified atom stereocenters. The average molecular weight is 340 g/mol. The van der Waals surface area contributed by atoms with E-state index in [-0.39, 0.29) is 40.2 Å². The molecule has 8 heteroatoms. The minimum absolute atomic E-state index is 0.0808. The Balaban J connectivity index is 2.13. The minimum atomic E-state index is -0.563. The fourth-order valence-corrected chi connectivity index (χ4v) is 2.65. The molecule has 1 aliphatic rings. The molecule has 0 aromatic heterocycles. The maximum atomic E-state index is 12.3. The van der Waals surface area contributed by atoms with Crippen molar-refractivity contribution < 1.29 is 14.5 Å². The molecule has 1 saturated heterocycles. The van der Waals surface area contributed by atoms with Gasteiger partial charge >= 0.3 is 0 Å². The van der Waals surface area contributed by atoms with Crippen LogP contribution in [-0.2, 0) is 9.59 Å². The number of carbonyl (C=O) groups excluding carboxylic acids is 2. The van der Waals surface area contributed by atoms with Crippen molar-refractivity contribution in [2.24, 2.45) is 5.92 Å². The predicted molar refractivity (Wildman–Crippen MR) is 86.3 cm³/mol. The van der Waals surface area contributed by atoms with E-state index in [9.17, 15) is 19.7 Å². The predicted octanol–water partition coefficient (Wildman–Crippen LogP) is 2.83. The largest absolute Gasteiger partial charge is 0.337 e. The highest BCUT2D eigenvalue weighted by atomic mass is 35.5. The molecule has 1 atom stereocenters. The zero-order chi connectivity index (χ0) is 17.4. The number of nitrogens with zero attached hydrogens (tertiary/aromatic N) is 2. The average Bonchev–Trinajstić information content (AvgIpc) is 2.83. The molecule has 1 aliphatic heterocycles. The third-order valence-corrected chi connectivity index (χ3v) is 4.05. The number of halogens is 1. The van der Waals surface area contributed by atoms with Gasteiger partial charge in [0.05, 0.1) is 21.6 Å². The summed E-state index contributed by atoms with van der Waals surface area (Å²) >= 11 is 5.97. The molecule has 1 aromatic carbocycles. The lowest BCUT2D eigenvalue weighted by atomic mass is 10.1. The molecule has 0 spiro atoms. The Kier molecular flexibility index (Phi) is 4.61. The van der Waals surface area contributed by atoms with Crippen molar-refractivity contribution >= 4 is 34.8 Å². The fraction of sp³-hybridized carbons (Fsp3) is 0.467. The third-order valence-electron chi connectivity index (χ3n) is 3.72. The number of rotatable bonds is 3. The number of amides is 2. The van der Waals surface area contributed by atoms with Gasteiger partial charge < -0.3 is 10.2 Å². The van der Waals surface area contributed by atoms with Crippen LogP contribution in [0.15, 0.2) is 18.2 Å². The van der Waals surface area contributed by atoms with Crippen LogP contribution in [-0.4, -0.2) is 33.7 Å². The van der Waals surface area contributed by atoms with E-state index in [2.05, 4.69) is 5.32 Å². The van der Waals surface area contributed by atoms with Crippen LogP contribution in [0.5, 0.6) is 0 Å². The Labute approximate surface area is 138 Å². The van der Waals surface area contributed by atoms with E-state index >= 15 is 0 Å². The molecule has 1 heterocycles. The number of nitro groups is 1. The van der Waals surface area contributed by atoms with Gasteiger partial charge in [0.15, 0.2) is 0 Å². The Morgan fingerprint density at radius 3 is 2.61 bits per heavy atom. The van der Waals surface area contributed by atoms with Crippen LogP contribution in [0.2, 0.25) is 5.02 Å². The number of hydrogen-bond acceptors (Lipinski definition) is 4. The highest BCUT2D eigenvalue weighted by Gasteiger charge is 2.39. The van der Waals surface area contributed by atoms with E-state index in [0.29, 0.717) is 6.54 Å². The first-order valence-electron chi connectivity index (χ1n) is 7.15. The highest BCUT2D eigenvalue weighted by Crippen LogP contribution is 2.30. The van der Waals surface area contributed by atoms with Crippen LogP contribution < -0.4 is 5.32 Å². The number of non-ortho nitro benzene ring substituents is 1. The van der Waals surface area contributed by atoms with Crippen molar-refractivity contribution in [3.63, 3.8) is 0 Å². The molecule has 0 radical (unpaired) electrons. The number of carbonyl (C=O) groups is 2. The van der Waals surface area contributed by atoms with Gasteiger partial charge in [0.25, 0.3) is 5.69 Å². The van der Waals surface area contributed by atoms with Crippen molar-refractivity contribution in [1.29, 1.82) is 0 Å². The number of nitro benzene ring substituents is 1. The Hall–Kier alpha value is -2.15. The molecule has 0 aliphatic carbocycles. The number of nitrogens with one attached hydrogen (secondary N) is 1. The molecule has 124 valence electrons. The van der Waals surface area contributed by atoms with Crippen molar-refractivity contribution in [2.45, 2.75) is 32.7 Å². The number of anilines is 1. The molecule has 7 nitrogen and oxygen atoms in total. The van der Waals surface area contributed by atoms with Crippen molar-refractivity contribution in [3.05, 3.63) is 33.3 Å². The van der Waals surface area contributed by atoms with Crippen molar-refractivity contribution in [2.75, 3.05) is 11.9 Å². The first-order chi connectivity index (χ1) is 10.6. The molecule has 2 rings (SSSR count). The molecule has 1 fully saturated rings.